The normalized spacial score (nSPS) is 14.9. The summed E-state index contributed by atoms with van der Waals surface area (Å²) in [6.45, 7) is 0.432. The van der Waals surface area contributed by atoms with Crippen LogP contribution in [0.5, 0.6) is 5.75 Å². The minimum absolute atomic E-state index is 0.0860. The van der Waals surface area contributed by atoms with Crippen molar-refractivity contribution in [3.05, 3.63) is 52.4 Å². The van der Waals surface area contributed by atoms with Gasteiger partial charge in [-0.05, 0) is 24.3 Å². The third-order valence-electron chi connectivity index (χ3n) is 3.76. The molecule has 0 unspecified atom stereocenters. The van der Waals surface area contributed by atoms with Gasteiger partial charge in [0.05, 0.1) is 23.7 Å². The summed E-state index contributed by atoms with van der Waals surface area (Å²) in [5.74, 6) is -2.51. The van der Waals surface area contributed by atoms with Gasteiger partial charge in [-0.1, -0.05) is 11.6 Å². The first kappa shape index (κ1) is 18.2. The fourth-order valence-electron chi connectivity index (χ4n) is 2.51. The molecule has 1 N–H and O–H groups in total. The highest BCUT2D eigenvalue weighted by Crippen LogP contribution is 2.34. The van der Waals surface area contributed by atoms with Crippen LogP contribution >= 0.6 is 11.6 Å². The Hall–Kier alpha value is -2.55. The summed E-state index contributed by atoms with van der Waals surface area (Å²) in [4.78, 5) is 16.8. The molecule has 1 aromatic heterocycles. The molecule has 0 aliphatic carbocycles. The van der Waals surface area contributed by atoms with Crippen molar-refractivity contribution in [2.45, 2.75) is 12.3 Å². The Kier molecular flexibility index (Phi) is 4.66. The molecule has 0 spiro atoms. The Morgan fingerprint density at radius 2 is 2.00 bits per heavy atom. The molecule has 5 nitrogen and oxygen atoms in total. The van der Waals surface area contributed by atoms with Crippen LogP contribution in [0.25, 0.3) is 0 Å². The van der Waals surface area contributed by atoms with Crippen molar-refractivity contribution in [2.24, 2.45) is 0 Å². The fourth-order valence-corrected chi connectivity index (χ4v) is 2.67. The van der Waals surface area contributed by atoms with Gasteiger partial charge in [0.15, 0.2) is 0 Å². The molecule has 26 heavy (non-hydrogen) atoms. The average molecular weight is 391 g/mol. The van der Waals surface area contributed by atoms with Crippen molar-refractivity contribution in [2.75, 3.05) is 18.0 Å². The van der Waals surface area contributed by atoms with E-state index in [1.54, 1.807) is 4.90 Å². The van der Waals surface area contributed by atoms with Crippen molar-refractivity contribution in [3.8, 4) is 5.75 Å². The van der Waals surface area contributed by atoms with E-state index in [-0.39, 0.29) is 35.2 Å². The third kappa shape index (κ3) is 3.67. The van der Waals surface area contributed by atoms with Crippen molar-refractivity contribution < 1.29 is 32.2 Å². The molecule has 2 heterocycles. The van der Waals surface area contributed by atoms with E-state index in [0.717, 1.165) is 6.07 Å². The molecule has 1 aromatic carbocycles. The van der Waals surface area contributed by atoms with Crippen LogP contribution in [0.4, 0.5) is 23.4 Å². The Bertz CT molecular complexity index is 854. The molecule has 1 fully saturated rings. The van der Waals surface area contributed by atoms with Crippen LogP contribution in [0.2, 0.25) is 5.02 Å². The van der Waals surface area contributed by atoms with Gasteiger partial charge >= 0.3 is 12.1 Å². The number of benzene rings is 1. The number of carboxylic acid groups (broad SMARTS) is 1. The van der Waals surface area contributed by atoms with Crippen molar-refractivity contribution in [1.29, 1.82) is 0 Å². The Balaban J connectivity index is 1.70. The average Bonchev–Trinajstić information content (AvgIpc) is 2.51. The summed E-state index contributed by atoms with van der Waals surface area (Å²) in [6.07, 6.45) is -4.01. The number of ether oxygens (including phenoxy) is 1. The van der Waals surface area contributed by atoms with Crippen LogP contribution in [0.15, 0.2) is 30.5 Å². The molecule has 1 aliphatic rings. The lowest BCUT2D eigenvalue weighted by atomic mass is 10.1. The van der Waals surface area contributed by atoms with E-state index < -0.39 is 29.6 Å². The van der Waals surface area contributed by atoms with Crippen LogP contribution in [-0.2, 0) is 6.18 Å². The molecular formula is C16H11ClF4N2O3. The van der Waals surface area contributed by atoms with Gasteiger partial charge in [-0.2, -0.15) is 13.2 Å². The molecule has 2 aromatic rings. The predicted octanol–water partition coefficient (Wildman–Crippen LogP) is 3.86. The molecule has 0 bridgehead atoms. The first-order valence-electron chi connectivity index (χ1n) is 7.32. The number of hydrogen-bond acceptors (Lipinski definition) is 4. The number of nitrogens with zero attached hydrogens (tertiary/aromatic N) is 2. The van der Waals surface area contributed by atoms with Crippen molar-refractivity contribution in [3.63, 3.8) is 0 Å². The quantitative estimate of drug-likeness (QED) is 0.803. The molecule has 0 amide bonds. The highest BCUT2D eigenvalue weighted by molar-refractivity contribution is 6.30. The molecule has 1 aliphatic heterocycles. The lowest BCUT2D eigenvalue weighted by Crippen LogP contribution is -2.54. The van der Waals surface area contributed by atoms with Gasteiger partial charge < -0.3 is 14.7 Å². The predicted molar refractivity (Wildman–Crippen MR) is 84.2 cm³/mol. The molecule has 0 atom stereocenters. The maximum absolute atomic E-state index is 13.3. The van der Waals surface area contributed by atoms with Gasteiger partial charge in [-0.15, -0.1) is 0 Å². The monoisotopic (exact) mass is 390 g/mol. The number of aromatic nitrogens is 1. The molecule has 1 saturated heterocycles. The first-order chi connectivity index (χ1) is 12.1. The number of anilines is 1. The Morgan fingerprint density at radius 3 is 2.62 bits per heavy atom. The van der Waals surface area contributed by atoms with Crippen LogP contribution in [0, 0.1) is 5.82 Å². The van der Waals surface area contributed by atoms with Crippen LogP contribution in [0.3, 0.4) is 0 Å². The second kappa shape index (κ2) is 6.64. The second-order valence-electron chi connectivity index (χ2n) is 5.61. The number of hydrogen-bond donors (Lipinski definition) is 1. The van der Waals surface area contributed by atoms with E-state index >= 15 is 0 Å². The second-order valence-corrected chi connectivity index (χ2v) is 6.05. The van der Waals surface area contributed by atoms with Crippen molar-refractivity contribution >= 4 is 23.4 Å². The number of carboxylic acids is 1. The largest absolute Gasteiger partial charge is 0.487 e. The summed E-state index contributed by atoms with van der Waals surface area (Å²) in [6, 6.07) is 3.66. The smallest absolute Gasteiger partial charge is 0.419 e. The highest BCUT2D eigenvalue weighted by atomic mass is 35.5. The lowest BCUT2D eigenvalue weighted by molar-refractivity contribution is -0.140. The maximum Gasteiger partial charge on any atom is 0.419 e. The van der Waals surface area contributed by atoms with Crippen LogP contribution in [-0.4, -0.2) is 35.3 Å². The standard InChI is InChI=1S/C16H11ClF4N2O3/c17-8-3-11(15(24)25)14(22-5-8)23-6-10(7-23)26-9-1-2-13(18)12(4-9)16(19,20)21/h1-5,10H,6-7H2,(H,24,25). The third-order valence-corrected chi connectivity index (χ3v) is 3.96. The summed E-state index contributed by atoms with van der Waals surface area (Å²) < 4.78 is 56.8. The summed E-state index contributed by atoms with van der Waals surface area (Å²) in [7, 11) is 0. The number of alkyl halides is 3. The molecule has 3 rings (SSSR count). The number of halogens is 5. The molecule has 0 radical (unpaired) electrons. The zero-order valence-electron chi connectivity index (χ0n) is 12.9. The topological polar surface area (TPSA) is 62.7 Å². The van der Waals surface area contributed by atoms with E-state index in [0.29, 0.717) is 12.1 Å². The lowest BCUT2D eigenvalue weighted by Gasteiger charge is -2.40. The van der Waals surface area contributed by atoms with Gasteiger partial charge in [0.1, 0.15) is 29.1 Å². The summed E-state index contributed by atoms with van der Waals surface area (Å²) >= 11 is 5.74. The SMILES string of the molecule is O=C(O)c1cc(Cl)cnc1N1CC(Oc2ccc(F)c(C(F)(F)F)c2)C1. The van der Waals surface area contributed by atoms with Crippen LogP contribution < -0.4 is 9.64 Å². The van der Waals surface area contributed by atoms with Gasteiger partial charge in [-0.3, -0.25) is 0 Å². The molecule has 138 valence electrons. The van der Waals surface area contributed by atoms with Crippen LogP contribution in [0.1, 0.15) is 15.9 Å². The van der Waals surface area contributed by atoms with E-state index in [1.165, 1.54) is 12.3 Å². The Morgan fingerprint density at radius 1 is 1.31 bits per heavy atom. The highest BCUT2D eigenvalue weighted by Gasteiger charge is 2.36. The zero-order chi connectivity index (χ0) is 19.1. The van der Waals surface area contributed by atoms with Gasteiger partial charge in [0, 0.05) is 6.20 Å². The van der Waals surface area contributed by atoms with Gasteiger partial charge in [-0.25, -0.2) is 14.2 Å². The number of pyridine rings is 1. The van der Waals surface area contributed by atoms with Crippen molar-refractivity contribution in [1.82, 2.24) is 4.98 Å². The van der Waals surface area contributed by atoms with Gasteiger partial charge in [0.2, 0.25) is 0 Å². The Labute approximate surface area is 149 Å². The van der Waals surface area contributed by atoms with E-state index in [1.807, 2.05) is 0 Å². The number of rotatable bonds is 4. The molecular weight excluding hydrogens is 380 g/mol. The van der Waals surface area contributed by atoms with E-state index in [9.17, 15) is 27.5 Å². The number of carbonyl (C=O) groups is 1. The summed E-state index contributed by atoms with van der Waals surface area (Å²) in [5, 5.41) is 9.37. The minimum atomic E-state index is -4.82. The maximum atomic E-state index is 13.3. The van der Waals surface area contributed by atoms with E-state index in [4.69, 9.17) is 16.3 Å². The fraction of sp³-hybridized carbons (Fsp3) is 0.250. The number of aromatic carboxylic acids is 1. The zero-order valence-corrected chi connectivity index (χ0v) is 13.7. The molecule has 0 saturated carbocycles. The summed E-state index contributed by atoms with van der Waals surface area (Å²) in [5.41, 5.74) is -1.49. The first-order valence-corrected chi connectivity index (χ1v) is 7.70. The molecule has 10 heteroatoms. The van der Waals surface area contributed by atoms with E-state index in [2.05, 4.69) is 4.98 Å². The minimum Gasteiger partial charge on any atom is -0.487 e. The van der Waals surface area contributed by atoms with Gasteiger partial charge in [0.25, 0.3) is 0 Å².